The van der Waals surface area contributed by atoms with E-state index in [4.69, 9.17) is 32.7 Å². The fourth-order valence-electron chi connectivity index (χ4n) is 2.12. The summed E-state index contributed by atoms with van der Waals surface area (Å²) in [6, 6.07) is 9.50. The molecule has 0 aliphatic carbocycles. The molecule has 2 rings (SSSR count). The summed E-state index contributed by atoms with van der Waals surface area (Å²) in [5.41, 5.74) is 0.795. The summed E-state index contributed by atoms with van der Waals surface area (Å²) >= 11 is 11.8. The topological polar surface area (TPSA) is 67.9 Å². The largest absolute Gasteiger partial charge is 0.495 e. The summed E-state index contributed by atoms with van der Waals surface area (Å²) in [6.07, 6.45) is 0. The van der Waals surface area contributed by atoms with Crippen molar-refractivity contribution in [3.05, 3.63) is 52.0 Å². The maximum absolute atomic E-state index is 12.2. The van der Waals surface area contributed by atoms with Gasteiger partial charge in [0.05, 0.1) is 17.8 Å². The van der Waals surface area contributed by atoms with E-state index < -0.39 is 5.91 Å². The van der Waals surface area contributed by atoms with Gasteiger partial charge in [-0.15, -0.1) is 0 Å². The third kappa shape index (κ3) is 5.03. The Balaban J connectivity index is 2.09. The number of nitrogens with zero attached hydrogens (tertiary/aromatic N) is 1. The number of carbonyl (C=O) groups is 2. The van der Waals surface area contributed by atoms with E-state index in [1.807, 2.05) is 0 Å². The number of methoxy groups -OCH3 is 1. The van der Waals surface area contributed by atoms with E-state index in [2.05, 4.69) is 5.32 Å². The molecule has 0 saturated carbocycles. The van der Waals surface area contributed by atoms with Crippen LogP contribution in [-0.2, 0) is 4.79 Å². The molecule has 0 aromatic heterocycles. The van der Waals surface area contributed by atoms with Gasteiger partial charge in [-0.05, 0) is 36.4 Å². The van der Waals surface area contributed by atoms with Crippen LogP contribution in [-0.4, -0.2) is 44.5 Å². The normalized spacial score (nSPS) is 10.2. The fourth-order valence-corrected chi connectivity index (χ4v) is 2.58. The van der Waals surface area contributed by atoms with Gasteiger partial charge >= 0.3 is 0 Å². The number of rotatable bonds is 6. The highest BCUT2D eigenvalue weighted by Crippen LogP contribution is 2.28. The minimum Gasteiger partial charge on any atom is -0.495 e. The predicted molar refractivity (Wildman–Crippen MR) is 102 cm³/mol. The van der Waals surface area contributed by atoms with Crippen molar-refractivity contribution in [2.45, 2.75) is 0 Å². The van der Waals surface area contributed by atoms with E-state index in [0.29, 0.717) is 32.8 Å². The van der Waals surface area contributed by atoms with Crippen LogP contribution in [0.4, 0.5) is 5.69 Å². The number of carbonyl (C=O) groups excluding carboxylic acids is 2. The molecule has 0 aliphatic heterocycles. The lowest BCUT2D eigenvalue weighted by atomic mass is 10.1. The Hall–Kier alpha value is -2.44. The minimum absolute atomic E-state index is 0.188. The van der Waals surface area contributed by atoms with Gasteiger partial charge in [-0.1, -0.05) is 23.2 Å². The molecule has 0 aliphatic rings. The molecule has 1 N–H and O–H groups in total. The van der Waals surface area contributed by atoms with Gasteiger partial charge in [-0.3, -0.25) is 9.59 Å². The minimum atomic E-state index is -0.427. The third-order valence-electron chi connectivity index (χ3n) is 3.38. The van der Waals surface area contributed by atoms with Gasteiger partial charge in [0.2, 0.25) is 0 Å². The van der Waals surface area contributed by atoms with Crippen LogP contribution >= 0.6 is 23.2 Å². The molecule has 2 aromatic rings. The van der Waals surface area contributed by atoms with Crippen molar-refractivity contribution in [3.63, 3.8) is 0 Å². The Morgan fingerprint density at radius 3 is 2.38 bits per heavy atom. The SMILES string of the molecule is COc1ccc(C(=O)N(C)C)cc1NC(=O)COc1ccc(Cl)cc1Cl. The average molecular weight is 397 g/mol. The van der Waals surface area contributed by atoms with Gasteiger partial charge in [0.25, 0.3) is 11.8 Å². The summed E-state index contributed by atoms with van der Waals surface area (Å²) in [5, 5.41) is 3.45. The van der Waals surface area contributed by atoms with Crippen LogP contribution in [0.5, 0.6) is 11.5 Å². The van der Waals surface area contributed by atoms with Crippen molar-refractivity contribution in [2.75, 3.05) is 33.1 Å². The second-order valence-corrected chi connectivity index (χ2v) is 6.37. The van der Waals surface area contributed by atoms with Gasteiger partial charge in [-0.25, -0.2) is 0 Å². The number of anilines is 1. The van der Waals surface area contributed by atoms with E-state index in [1.165, 1.54) is 18.1 Å². The van der Waals surface area contributed by atoms with Crippen molar-refractivity contribution in [1.29, 1.82) is 0 Å². The molecular formula is C18H18Cl2N2O4. The molecule has 0 bridgehead atoms. The van der Waals surface area contributed by atoms with Crippen LogP contribution in [0.25, 0.3) is 0 Å². The lowest BCUT2D eigenvalue weighted by molar-refractivity contribution is -0.118. The molecule has 0 saturated heterocycles. The van der Waals surface area contributed by atoms with Gasteiger partial charge in [0.15, 0.2) is 6.61 Å². The lowest BCUT2D eigenvalue weighted by Gasteiger charge is -2.15. The average Bonchev–Trinajstić information content (AvgIpc) is 2.60. The molecule has 0 spiro atoms. The monoisotopic (exact) mass is 396 g/mol. The first-order valence-corrected chi connectivity index (χ1v) is 8.34. The first-order chi connectivity index (χ1) is 12.3. The first kappa shape index (κ1) is 19.9. The summed E-state index contributed by atoms with van der Waals surface area (Å²) in [4.78, 5) is 25.7. The number of hydrogen-bond donors (Lipinski definition) is 1. The van der Waals surface area contributed by atoms with Gasteiger partial charge < -0.3 is 19.7 Å². The zero-order valence-corrected chi connectivity index (χ0v) is 16.0. The number of hydrogen-bond acceptors (Lipinski definition) is 4. The van der Waals surface area contributed by atoms with E-state index in [1.54, 1.807) is 44.4 Å². The number of amides is 2. The molecule has 0 atom stereocenters. The summed E-state index contributed by atoms with van der Waals surface area (Å²) in [6.45, 7) is -0.267. The van der Waals surface area contributed by atoms with Crippen molar-refractivity contribution in [1.82, 2.24) is 4.90 Å². The zero-order valence-electron chi connectivity index (χ0n) is 14.5. The molecule has 26 heavy (non-hydrogen) atoms. The van der Waals surface area contributed by atoms with Crippen molar-refractivity contribution >= 4 is 40.7 Å². The van der Waals surface area contributed by atoms with E-state index >= 15 is 0 Å². The van der Waals surface area contributed by atoms with Gasteiger partial charge in [0, 0.05) is 24.7 Å². The van der Waals surface area contributed by atoms with Crippen molar-refractivity contribution in [2.24, 2.45) is 0 Å². The molecular weight excluding hydrogens is 379 g/mol. The van der Waals surface area contributed by atoms with E-state index in [9.17, 15) is 9.59 Å². The Bertz CT molecular complexity index is 825. The van der Waals surface area contributed by atoms with Crippen LogP contribution in [0.2, 0.25) is 10.0 Å². The van der Waals surface area contributed by atoms with E-state index in [0.717, 1.165) is 0 Å². The Labute approximate surface area is 161 Å². The van der Waals surface area contributed by atoms with Gasteiger partial charge in [0.1, 0.15) is 11.5 Å². The van der Waals surface area contributed by atoms with E-state index in [-0.39, 0.29) is 12.5 Å². The highest BCUT2D eigenvalue weighted by atomic mass is 35.5. The number of ether oxygens (including phenoxy) is 2. The Kier molecular flexibility index (Phi) is 6.71. The van der Waals surface area contributed by atoms with Crippen LogP contribution in [0.1, 0.15) is 10.4 Å². The quantitative estimate of drug-likeness (QED) is 0.807. The third-order valence-corrected chi connectivity index (χ3v) is 3.91. The number of nitrogens with one attached hydrogen (secondary N) is 1. The second-order valence-electron chi connectivity index (χ2n) is 5.53. The molecule has 6 nitrogen and oxygen atoms in total. The summed E-state index contributed by atoms with van der Waals surface area (Å²) in [7, 11) is 4.77. The Morgan fingerprint density at radius 1 is 1.08 bits per heavy atom. The molecule has 138 valence electrons. The molecule has 0 heterocycles. The number of halogens is 2. The maximum atomic E-state index is 12.2. The fraction of sp³-hybridized carbons (Fsp3) is 0.222. The highest BCUT2D eigenvalue weighted by molar-refractivity contribution is 6.35. The summed E-state index contributed by atoms with van der Waals surface area (Å²) < 4.78 is 10.6. The molecule has 8 heteroatoms. The van der Waals surface area contributed by atoms with Gasteiger partial charge in [-0.2, -0.15) is 0 Å². The van der Waals surface area contributed by atoms with Crippen LogP contribution < -0.4 is 14.8 Å². The highest BCUT2D eigenvalue weighted by Gasteiger charge is 2.14. The van der Waals surface area contributed by atoms with Crippen LogP contribution in [0.15, 0.2) is 36.4 Å². The molecule has 0 radical (unpaired) electrons. The molecule has 0 fully saturated rings. The Morgan fingerprint density at radius 2 is 1.77 bits per heavy atom. The lowest BCUT2D eigenvalue weighted by Crippen LogP contribution is -2.23. The first-order valence-electron chi connectivity index (χ1n) is 7.59. The number of benzene rings is 2. The standard InChI is InChI=1S/C18H18Cl2N2O4/c1-22(2)18(24)11-4-6-16(25-3)14(8-11)21-17(23)10-26-15-7-5-12(19)9-13(15)20/h4-9H,10H2,1-3H3,(H,21,23). The molecule has 2 aromatic carbocycles. The van der Waals surface area contributed by atoms with Crippen LogP contribution in [0.3, 0.4) is 0 Å². The van der Waals surface area contributed by atoms with Crippen molar-refractivity contribution < 1.29 is 19.1 Å². The molecule has 0 unspecified atom stereocenters. The van der Waals surface area contributed by atoms with Crippen molar-refractivity contribution in [3.8, 4) is 11.5 Å². The smallest absolute Gasteiger partial charge is 0.262 e. The van der Waals surface area contributed by atoms with Crippen LogP contribution in [0, 0.1) is 0 Å². The molecule has 2 amide bonds. The summed E-state index contributed by atoms with van der Waals surface area (Å²) in [5.74, 6) is 0.156. The maximum Gasteiger partial charge on any atom is 0.262 e. The second kappa shape index (κ2) is 8.78. The zero-order chi connectivity index (χ0) is 19.3. The predicted octanol–water partition coefficient (Wildman–Crippen LogP) is 3.72.